The average Bonchev–Trinajstić information content (AvgIpc) is 2.45. The van der Waals surface area contributed by atoms with Gasteiger partial charge >= 0.3 is 0 Å². The number of aromatic nitrogens is 1. The van der Waals surface area contributed by atoms with Gasteiger partial charge < -0.3 is 0 Å². The number of rotatable bonds is 2. The van der Waals surface area contributed by atoms with Crippen molar-refractivity contribution in [1.29, 1.82) is 0 Å². The van der Waals surface area contributed by atoms with Crippen LogP contribution in [0.4, 0.5) is 4.39 Å². The summed E-state index contributed by atoms with van der Waals surface area (Å²) in [5, 5.41) is -0.0575. The molecule has 0 aliphatic carbocycles. The van der Waals surface area contributed by atoms with Gasteiger partial charge in [0.2, 0.25) is 0 Å². The van der Waals surface area contributed by atoms with Crippen molar-refractivity contribution in [2.45, 2.75) is 0 Å². The summed E-state index contributed by atoms with van der Waals surface area (Å²) in [6.45, 7) is 0. The van der Waals surface area contributed by atoms with E-state index in [0.717, 1.165) is 0 Å². The minimum atomic E-state index is -0.697. The second-order valence-electron chi connectivity index (χ2n) is 3.82. The van der Waals surface area contributed by atoms with Gasteiger partial charge in [-0.05, 0) is 28.1 Å². The van der Waals surface area contributed by atoms with Crippen molar-refractivity contribution < 1.29 is 9.18 Å². The van der Waals surface area contributed by atoms with E-state index < -0.39 is 11.7 Å². The van der Waals surface area contributed by atoms with Crippen molar-refractivity contribution in [3.8, 4) is 11.1 Å². The third kappa shape index (κ3) is 3.00. The molecule has 2 rings (SSSR count). The van der Waals surface area contributed by atoms with Crippen LogP contribution in [0.3, 0.4) is 0 Å². The summed E-state index contributed by atoms with van der Waals surface area (Å²) in [7, 11) is 0. The molecular weight excluding hydrogens is 407 g/mol. The lowest BCUT2D eigenvalue weighted by Gasteiger charge is -2.13. The first-order valence-electron chi connectivity index (χ1n) is 5.38. The minimum absolute atomic E-state index is 0.000556. The lowest BCUT2D eigenvalue weighted by molar-refractivity contribution is 0.0948. The van der Waals surface area contributed by atoms with E-state index in [4.69, 9.17) is 40.6 Å². The van der Waals surface area contributed by atoms with E-state index in [2.05, 4.69) is 20.9 Å². The summed E-state index contributed by atoms with van der Waals surface area (Å²) in [5.41, 5.74) is 1.88. The predicted molar refractivity (Wildman–Crippen MR) is 84.0 cm³/mol. The predicted octanol–water partition coefficient (Wildman–Crippen LogP) is 4.21. The molecule has 2 aromatic rings. The van der Waals surface area contributed by atoms with Gasteiger partial charge in [-0.25, -0.2) is 15.2 Å². The van der Waals surface area contributed by atoms with Gasteiger partial charge in [0.1, 0.15) is 16.7 Å². The Kier molecular flexibility index (Phi) is 5.06. The summed E-state index contributed by atoms with van der Waals surface area (Å²) in [4.78, 5) is 15.5. The highest BCUT2D eigenvalue weighted by atomic mass is 79.9. The highest BCUT2D eigenvalue weighted by molar-refractivity contribution is 9.10. The Morgan fingerprint density at radius 3 is 2.52 bits per heavy atom. The molecule has 9 heteroatoms. The van der Waals surface area contributed by atoms with Crippen LogP contribution < -0.4 is 11.3 Å². The molecule has 0 saturated heterocycles. The fourth-order valence-corrected chi connectivity index (χ4v) is 3.00. The van der Waals surface area contributed by atoms with Crippen LogP contribution in [-0.2, 0) is 0 Å². The van der Waals surface area contributed by atoms with E-state index >= 15 is 0 Å². The molecule has 0 fully saturated rings. The minimum Gasteiger partial charge on any atom is -0.289 e. The van der Waals surface area contributed by atoms with Crippen LogP contribution in [0, 0.1) is 5.82 Å². The molecule has 0 saturated carbocycles. The number of carbonyl (C=O) groups is 1. The summed E-state index contributed by atoms with van der Waals surface area (Å²) in [6.07, 6.45) is 0. The first kappa shape index (κ1) is 16.5. The van der Waals surface area contributed by atoms with Gasteiger partial charge in [-0.3, -0.25) is 10.2 Å². The molecule has 1 aromatic carbocycles. The Bertz CT molecular complexity index is 722. The largest absolute Gasteiger partial charge is 0.289 e. The number of amides is 1. The molecule has 4 nitrogen and oxygen atoms in total. The first-order valence-corrected chi connectivity index (χ1v) is 7.31. The quantitative estimate of drug-likeness (QED) is 0.335. The van der Waals surface area contributed by atoms with E-state index in [9.17, 15) is 9.18 Å². The smallest absolute Gasteiger partial charge is 0.285 e. The first-order chi connectivity index (χ1) is 9.88. The molecule has 110 valence electrons. The summed E-state index contributed by atoms with van der Waals surface area (Å²) in [5.74, 6) is 3.73. The van der Waals surface area contributed by atoms with E-state index in [1.165, 1.54) is 18.2 Å². The van der Waals surface area contributed by atoms with Crippen LogP contribution in [0.25, 0.3) is 11.1 Å². The van der Waals surface area contributed by atoms with Gasteiger partial charge in [0.25, 0.3) is 5.91 Å². The van der Waals surface area contributed by atoms with Crippen LogP contribution in [0.1, 0.15) is 10.5 Å². The second-order valence-corrected chi connectivity index (χ2v) is 5.76. The number of hydrogen-bond donors (Lipinski definition) is 2. The zero-order valence-corrected chi connectivity index (χ0v) is 13.9. The SMILES string of the molecule is NNC(=O)c1nc(Cl)c(-c2c(F)cccc2Cl)c(Cl)c1Br. The van der Waals surface area contributed by atoms with Gasteiger partial charge in [0, 0.05) is 11.1 Å². The van der Waals surface area contributed by atoms with E-state index in [1.807, 2.05) is 5.43 Å². The number of hydrogen-bond acceptors (Lipinski definition) is 3. The van der Waals surface area contributed by atoms with Crippen molar-refractivity contribution in [2.24, 2.45) is 5.84 Å². The molecule has 1 amide bonds. The number of nitrogen functional groups attached to an aromatic ring is 1. The highest BCUT2D eigenvalue weighted by Crippen LogP contribution is 2.43. The summed E-state index contributed by atoms with van der Waals surface area (Å²) < 4.78 is 14.1. The molecule has 3 N–H and O–H groups in total. The number of hydrazine groups is 1. The average molecular weight is 413 g/mol. The van der Waals surface area contributed by atoms with Crippen molar-refractivity contribution >= 4 is 56.6 Å². The fraction of sp³-hybridized carbons (Fsp3) is 0. The maximum atomic E-state index is 14.0. The molecule has 0 radical (unpaired) electrons. The normalized spacial score (nSPS) is 10.6. The molecule has 0 aliphatic heterocycles. The molecule has 1 aromatic heterocycles. The van der Waals surface area contributed by atoms with Crippen LogP contribution in [-0.4, -0.2) is 10.9 Å². The van der Waals surface area contributed by atoms with Crippen molar-refractivity contribution in [1.82, 2.24) is 10.4 Å². The van der Waals surface area contributed by atoms with Crippen molar-refractivity contribution in [3.05, 3.63) is 49.4 Å². The number of benzene rings is 1. The molecule has 0 spiro atoms. The second kappa shape index (κ2) is 6.46. The molecule has 0 aliphatic rings. The molecule has 0 atom stereocenters. The van der Waals surface area contributed by atoms with Crippen molar-refractivity contribution in [3.63, 3.8) is 0 Å². The van der Waals surface area contributed by atoms with Crippen LogP contribution in [0.2, 0.25) is 15.2 Å². The Morgan fingerprint density at radius 1 is 1.29 bits per heavy atom. The van der Waals surface area contributed by atoms with E-state index in [-0.39, 0.29) is 36.5 Å². The Morgan fingerprint density at radius 2 is 1.95 bits per heavy atom. The number of halogens is 5. The maximum absolute atomic E-state index is 14.0. The zero-order valence-electron chi connectivity index (χ0n) is 10.1. The number of carbonyl (C=O) groups excluding carboxylic acids is 1. The zero-order chi connectivity index (χ0) is 15.7. The number of pyridine rings is 1. The number of nitrogens with two attached hydrogens (primary N) is 1. The van der Waals surface area contributed by atoms with Gasteiger partial charge in [0.15, 0.2) is 0 Å². The maximum Gasteiger partial charge on any atom is 0.285 e. The summed E-state index contributed by atoms with van der Waals surface area (Å²) in [6, 6.07) is 4.14. The van der Waals surface area contributed by atoms with Crippen LogP contribution >= 0.6 is 50.7 Å². The Labute approximate surface area is 142 Å². The standard InChI is InChI=1S/C12H6BrCl3FN3O/c13-8-9(15)7(6-4(14)2-1-3-5(6)17)11(16)19-10(8)12(21)20-18/h1-3H,18H2,(H,20,21). The van der Waals surface area contributed by atoms with Gasteiger partial charge in [-0.2, -0.15) is 0 Å². The van der Waals surface area contributed by atoms with Crippen molar-refractivity contribution in [2.75, 3.05) is 0 Å². The molecule has 0 unspecified atom stereocenters. The lowest BCUT2D eigenvalue weighted by atomic mass is 10.1. The van der Waals surface area contributed by atoms with E-state index in [0.29, 0.717) is 0 Å². The monoisotopic (exact) mass is 411 g/mol. The Hall–Kier alpha value is -0.920. The molecule has 0 bridgehead atoms. The van der Waals surface area contributed by atoms with Gasteiger partial charge in [-0.15, -0.1) is 0 Å². The fourth-order valence-electron chi connectivity index (χ4n) is 1.68. The van der Waals surface area contributed by atoms with Crippen LogP contribution in [0.15, 0.2) is 22.7 Å². The summed E-state index contributed by atoms with van der Waals surface area (Å²) >= 11 is 21.3. The molecular formula is C12H6BrCl3FN3O. The Balaban J connectivity index is 2.78. The van der Waals surface area contributed by atoms with Crippen LogP contribution in [0.5, 0.6) is 0 Å². The van der Waals surface area contributed by atoms with Gasteiger partial charge in [0.05, 0.1) is 14.5 Å². The number of nitrogens with one attached hydrogen (secondary N) is 1. The van der Waals surface area contributed by atoms with Gasteiger partial charge in [-0.1, -0.05) is 40.9 Å². The third-order valence-corrected chi connectivity index (χ3v) is 4.56. The molecule has 1 heterocycles. The third-order valence-electron chi connectivity index (χ3n) is 2.60. The topological polar surface area (TPSA) is 68.0 Å². The highest BCUT2D eigenvalue weighted by Gasteiger charge is 2.24. The lowest BCUT2D eigenvalue weighted by Crippen LogP contribution is -2.31. The van der Waals surface area contributed by atoms with E-state index in [1.54, 1.807) is 0 Å². The number of nitrogens with zero attached hydrogens (tertiary/aromatic N) is 1. The molecule has 21 heavy (non-hydrogen) atoms.